The summed E-state index contributed by atoms with van der Waals surface area (Å²) in [6, 6.07) is 8.56. The summed E-state index contributed by atoms with van der Waals surface area (Å²) in [5, 5.41) is 7.73. The standard InChI is InChI=1S/C19H27N4S.C2H4O2/c1-21-17-8-5-6-9-18(17)24-19(21)14-16-10-12-22(15-20-16)11-7-13-23(2,3)4;1-2(3)4/h5-6,8-10,12,14-15,19H,7,11,13H2,1-4H3;1H3,(H,3,4)/q+1;. The molecular weight excluding hydrogens is 372 g/mol. The van der Waals surface area contributed by atoms with Crippen LogP contribution in [0.5, 0.6) is 0 Å². The highest BCUT2D eigenvalue weighted by molar-refractivity contribution is 8.00. The molecule has 1 aromatic rings. The SMILES string of the molecule is CC(=O)O.CN1c2ccccc2SC1C=C1C=CN(CCC[N+](C)(C)C)C=N1. The van der Waals surface area contributed by atoms with E-state index < -0.39 is 5.97 Å². The van der Waals surface area contributed by atoms with E-state index in [2.05, 4.69) is 85.6 Å². The molecule has 7 heteroatoms. The van der Waals surface area contributed by atoms with Crippen LogP contribution in [0.1, 0.15) is 13.3 Å². The van der Waals surface area contributed by atoms with E-state index in [-0.39, 0.29) is 0 Å². The van der Waals surface area contributed by atoms with Crippen molar-refractivity contribution in [1.29, 1.82) is 0 Å². The average molecular weight is 404 g/mol. The van der Waals surface area contributed by atoms with Crippen molar-refractivity contribution in [3.8, 4) is 0 Å². The van der Waals surface area contributed by atoms with Gasteiger partial charge in [-0.1, -0.05) is 23.9 Å². The Morgan fingerprint density at radius 3 is 2.57 bits per heavy atom. The molecule has 1 N–H and O–H groups in total. The van der Waals surface area contributed by atoms with Crippen LogP contribution in [0.3, 0.4) is 0 Å². The van der Waals surface area contributed by atoms with Gasteiger partial charge in [-0.2, -0.15) is 0 Å². The normalized spacial score (nSPS) is 19.5. The number of rotatable bonds is 5. The topological polar surface area (TPSA) is 56.1 Å². The molecule has 0 aromatic heterocycles. The van der Waals surface area contributed by atoms with E-state index in [9.17, 15) is 0 Å². The fourth-order valence-electron chi connectivity index (χ4n) is 2.84. The first kappa shape index (κ1) is 22.0. The summed E-state index contributed by atoms with van der Waals surface area (Å²) in [7, 11) is 8.84. The molecule has 0 saturated carbocycles. The van der Waals surface area contributed by atoms with Gasteiger partial charge in [-0.15, -0.1) is 0 Å². The second-order valence-electron chi connectivity index (χ2n) is 7.86. The Balaban J connectivity index is 0.000000640. The molecule has 0 amide bonds. The average Bonchev–Trinajstić information content (AvgIpc) is 2.91. The Bertz CT molecular complexity index is 748. The van der Waals surface area contributed by atoms with Gasteiger partial charge in [-0.3, -0.25) is 4.79 Å². The molecule has 0 radical (unpaired) electrons. The van der Waals surface area contributed by atoms with Gasteiger partial charge in [0, 0.05) is 38.0 Å². The van der Waals surface area contributed by atoms with Crippen LogP contribution in [-0.2, 0) is 4.79 Å². The maximum atomic E-state index is 9.00. The number of allylic oxidation sites excluding steroid dienone is 1. The number of carboxylic acid groups (broad SMARTS) is 1. The Labute approximate surface area is 172 Å². The fourth-order valence-corrected chi connectivity index (χ4v) is 4.07. The highest BCUT2D eigenvalue weighted by atomic mass is 32.2. The first-order valence-corrected chi connectivity index (χ1v) is 10.2. The largest absolute Gasteiger partial charge is 0.481 e. The molecule has 0 saturated heterocycles. The number of benzene rings is 1. The maximum absolute atomic E-state index is 9.00. The first-order valence-electron chi connectivity index (χ1n) is 9.34. The Kier molecular flexibility index (Phi) is 7.71. The number of carboxylic acids is 1. The molecule has 0 bridgehead atoms. The van der Waals surface area contributed by atoms with E-state index in [0.29, 0.717) is 5.37 Å². The Hall–Kier alpha value is -2.25. The van der Waals surface area contributed by atoms with Crippen LogP contribution in [0.15, 0.2) is 58.2 Å². The number of para-hydroxylation sites is 1. The number of aliphatic carboxylic acids is 1. The summed E-state index contributed by atoms with van der Waals surface area (Å²) in [6.07, 6.45) is 9.61. The summed E-state index contributed by atoms with van der Waals surface area (Å²) in [5.74, 6) is -0.833. The van der Waals surface area contributed by atoms with Crippen LogP contribution >= 0.6 is 11.8 Å². The van der Waals surface area contributed by atoms with Crippen molar-refractivity contribution in [3.63, 3.8) is 0 Å². The van der Waals surface area contributed by atoms with Gasteiger partial charge in [0.2, 0.25) is 0 Å². The molecule has 2 heterocycles. The highest BCUT2D eigenvalue weighted by Crippen LogP contribution is 2.43. The van der Waals surface area contributed by atoms with Crippen LogP contribution in [0.25, 0.3) is 0 Å². The van der Waals surface area contributed by atoms with Crippen molar-refractivity contribution in [2.24, 2.45) is 4.99 Å². The number of aliphatic imine (C=N–C) groups is 1. The third-order valence-corrected chi connectivity index (χ3v) is 5.52. The van der Waals surface area contributed by atoms with E-state index in [0.717, 1.165) is 30.1 Å². The molecule has 2 aliphatic rings. The highest BCUT2D eigenvalue weighted by Gasteiger charge is 2.25. The second-order valence-corrected chi connectivity index (χ2v) is 9.02. The van der Waals surface area contributed by atoms with Crippen LogP contribution in [0.4, 0.5) is 5.69 Å². The smallest absolute Gasteiger partial charge is 0.300 e. The van der Waals surface area contributed by atoms with Gasteiger partial charge in [0.05, 0.1) is 45.4 Å². The van der Waals surface area contributed by atoms with Crippen LogP contribution in [0, 0.1) is 0 Å². The van der Waals surface area contributed by atoms with Crippen molar-refractivity contribution in [1.82, 2.24) is 4.90 Å². The van der Waals surface area contributed by atoms with Crippen molar-refractivity contribution in [2.45, 2.75) is 23.6 Å². The number of hydrogen-bond acceptors (Lipinski definition) is 5. The molecular formula is C21H31N4O2S+. The zero-order valence-corrected chi connectivity index (χ0v) is 18.2. The number of likely N-dealkylation sites (N-methyl/N-ethyl adjacent to an activating group) is 1. The fraction of sp³-hybridized carbons (Fsp3) is 0.429. The minimum atomic E-state index is -0.833. The van der Waals surface area contributed by atoms with E-state index in [4.69, 9.17) is 9.90 Å². The summed E-state index contributed by atoms with van der Waals surface area (Å²) in [6.45, 7) is 3.27. The number of hydrogen-bond donors (Lipinski definition) is 1. The molecule has 3 rings (SSSR count). The molecule has 0 fully saturated rings. The Morgan fingerprint density at radius 2 is 2.00 bits per heavy atom. The maximum Gasteiger partial charge on any atom is 0.300 e. The Morgan fingerprint density at radius 1 is 1.32 bits per heavy atom. The molecule has 28 heavy (non-hydrogen) atoms. The lowest BCUT2D eigenvalue weighted by atomic mass is 10.3. The van der Waals surface area contributed by atoms with Gasteiger partial charge >= 0.3 is 0 Å². The van der Waals surface area contributed by atoms with Crippen molar-refractivity contribution < 1.29 is 14.4 Å². The quantitative estimate of drug-likeness (QED) is 0.763. The van der Waals surface area contributed by atoms with Crippen molar-refractivity contribution >= 4 is 29.8 Å². The summed E-state index contributed by atoms with van der Waals surface area (Å²) in [5.41, 5.74) is 2.34. The van der Waals surface area contributed by atoms with Gasteiger partial charge < -0.3 is 19.4 Å². The molecule has 1 unspecified atom stereocenters. The summed E-state index contributed by atoms with van der Waals surface area (Å²) >= 11 is 1.88. The lowest BCUT2D eigenvalue weighted by molar-refractivity contribution is -0.870. The molecule has 1 atom stereocenters. The number of fused-ring (bicyclic) bond motifs is 1. The molecule has 0 aliphatic carbocycles. The first-order chi connectivity index (χ1) is 13.2. The van der Waals surface area contributed by atoms with E-state index in [1.807, 2.05) is 18.1 Å². The number of quaternary nitrogens is 1. The second kappa shape index (κ2) is 9.80. The zero-order valence-electron chi connectivity index (χ0n) is 17.4. The molecule has 2 aliphatic heterocycles. The monoisotopic (exact) mass is 403 g/mol. The minimum absolute atomic E-state index is 0.309. The number of thioether (sulfide) groups is 1. The van der Waals surface area contributed by atoms with Gasteiger partial charge in [-0.25, -0.2) is 4.99 Å². The third-order valence-electron chi connectivity index (χ3n) is 4.23. The molecule has 152 valence electrons. The predicted molar refractivity (Wildman–Crippen MR) is 118 cm³/mol. The van der Waals surface area contributed by atoms with E-state index in [1.165, 1.54) is 17.1 Å². The van der Waals surface area contributed by atoms with Crippen LogP contribution in [-0.4, -0.2) is 73.5 Å². The predicted octanol–water partition coefficient (Wildman–Crippen LogP) is 3.48. The van der Waals surface area contributed by atoms with Gasteiger partial charge in [-0.05, 0) is 24.3 Å². The van der Waals surface area contributed by atoms with Gasteiger partial charge in [0.25, 0.3) is 5.97 Å². The number of carbonyl (C=O) groups is 1. The van der Waals surface area contributed by atoms with Crippen LogP contribution < -0.4 is 4.90 Å². The van der Waals surface area contributed by atoms with E-state index in [1.54, 1.807) is 0 Å². The molecule has 1 aromatic carbocycles. The number of anilines is 1. The summed E-state index contributed by atoms with van der Waals surface area (Å²) in [4.78, 5) is 19.4. The van der Waals surface area contributed by atoms with Crippen molar-refractivity contribution in [3.05, 3.63) is 48.3 Å². The van der Waals surface area contributed by atoms with Gasteiger partial charge in [0.15, 0.2) is 0 Å². The molecule has 0 spiro atoms. The molecule has 6 nitrogen and oxygen atoms in total. The van der Waals surface area contributed by atoms with Crippen LogP contribution in [0.2, 0.25) is 0 Å². The lowest BCUT2D eigenvalue weighted by Gasteiger charge is -2.25. The zero-order chi connectivity index (χ0) is 20.7. The van der Waals surface area contributed by atoms with Gasteiger partial charge in [0.1, 0.15) is 5.37 Å². The summed E-state index contributed by atoms with van der Waals surface area (Å²) < 4.78 is 1.01. The number of nitrogens with zero attached hydrogens (tertiary/aromatic N) is 4. The van der Waals surface area contributed by atoms with Crippen molar-refractivity contribution in [2.75, 3.05) is 46.2 Å². The lowest BCUT2D eigenvalue weighted by Crippen LogP contribution is -2.36. The minimum Gasteiger partial charge on any atom is -0.481 e. The van der Waals surface area contributed by atoms with E-state index >= 15 is 0 Å². The third kappa shape index (κ3) is 7.05.